The van der Waals surface area contributed by atoms with E-state index >= 15 is 0 Å². The number of hydrogen-bond acceptors (Lipinski definition) is 5. The number of anilines is 2. The van der Waals surface area contributed by atoms with Crippen LogP contribution in [0.4, 0.5) is 11.4 Å². The molecule has 1 N–H and O–H groups in total. The van der Waals surface area contributed by atoms with Crippen LogP contribution < -0.4 is 10.2 Å². The van der Waals surface area contributed by atoms with Crippen molar-refractivity contribution in [2.24, 2.45) is 11.8 Å². The molecular weight excluding hydrogens is 479 g/mol. The first kappa shape index (κ1) is 24.2. The molecule has 0 unspecified atom stereocenters. The predicted molar refractivity (Wildman–Crippen MR) is 129 cm³/mol. The van der Waals surface area contributed by atoms with E-state index in [1.54, 1.807) is 18.2 Å². The summed E-state index contributed by atoms with van der Waals surface area (Å²) in [6, 6.07) is 11.6. The van der Waals surface area contributed by atoms with Gasteiger partial charge in [-0.15, -0.1) is 23.2 Å². The van der Waals surface area contributed by atoms with E-state index in [4.69, 9.17) is 27.9 Å². The molecule has 0 radical (unpaired) electrons. The van der Waals surface area contributed by atoms with Crippen LogP contribution in [0, 0.1) is 25.7 Å². The van der Waals surface area contributed by atoms with Crippen molar-refractivity contribution in [1.29, 1.82) is 0 Å². The molecular formula is C25H24Cl2N2O5. The van der Waals surface area contributed by atoms with Crippen LogP contribution in [-0.2, 0) is 19.1 Å². The zero-order valence-electron chi connectivity index (χ0n) is 18.7. The van der Waals surface area contributed by atoms with Crippen LogP contribution in [0.25, 0.3) is 0 Å². The number of aryl methyl sites for hydroxylation is 1. The molecule has 0 bridgehead atoms. The van der Waals surface area contributed by atoms with Crippen LogP contribution in [-0.4, -0.2) is 41.1 Å². The van der Waals surface area contributed by atoms with Gasteiger partial charge in [0.05, 0.1) is 33.8 Å². The Bertz CT molecular complexity index is 1140. The summed E-state index contributed by atoms with van der Waals surface area (Å²) in [7, 11) is 0. The molecule has 1 saturated heterocycles. The van der Waals surface area contributed by atoms with E-state index in [1.807, 2.05) is 26.0 Å². The van der Waals surface area contributed by atoms with Crippen LogP contribution >= 0.6 is 23.2 Å². The quantitative estimate of drug-likeness (QED) is 0.375. The normalized spacial score (nSPS) is 24.1. The first-order valence-corrected chi connectivity index (χ1v) is 11.8. The second-order valence-electron chi connectivity index (χ2n) is 8.65. The summed E-state index contributed by atoms with van der Waals surface area (Å²) in [5, 5.41) is 1.97. The Labute approximate surface area is 207 Å². The van der Waals surface area contributed by atoms with Gasteiger partial charge in [0.2, 0.25) is 11.8 Å². The number of hydrogen-bond donors (Lipinski definition) is 1. The molecule has 7 nitrogen and oxygen atoms in total. The Balaban J connectivity index is 1.42. The molecule has 4 atom stereocenters. The largest absolute Gasteiger partial charge is 0.452 e. The third-order valence-electron chi connectivity index (χ3n) is 6.46. The van der Waals surface area contributed by atoms with Crippen molar-refractivity contribution >= 4 is 58.3 Å². The lowest BCUT2D eigenvalue weighted by atomic mass is 9.80. The maximum atomic E-state index is 13.0. The van der Waals surface area contributed by atoms with E-state index in [-0.39, 0.29) is 33.8 Å². The molecule has 2 aromatic rings. The number of alkyl halides is 2. The Hall–Kier alpha value is -2.90. The van der Waals surface area contributed by atoms with Gasteiger partial charge in [-0.05, 0) is 62.1 Å². The zero-order chi connectivity index (χ0) is 24.6. The average molecular weight is 503 g/mol. The molecule has 34 heavy (non-hydrogen) atoms. The van der Waals surface area contributed by atoms with Gasteiger partial charge in [-0.1, -0.05) is 18.2 Å². The average Bonchev–Trinajstić information content (AvgIpc) is 3.05. The second kappa shape index (κ2) is 9.76. The first-order chi connectivity index (χ1) is 16.2. The van der Waals surface area contributed by atoms with Crippen LogP contribution in [0.2, 0.25) is 0 Å². The van der Waals surface area contributed by atoms with Gasteiger partial charge in [0.15, 0.2) is 6.61 Å². The second-order valence-corrected chi connectivity index (χ2v) is 9.77. The smallest absolute Gasteiger partial charge is 0.338 e. The van der Waals surface area contributed by atoms with Gasteiger partial charge in [0.1, 0.15) is 0 Å². The van der Waals surface area contributed by atoms with Crippen molar-refractivity contribution in [3.8, 4) is 0 Å². The lowest BCUT2D eigenvalue weighted by Crippen LogP contribution is -2.34. The molecule has 2 aromatic carbocycles. The van der Waals surface area contributed by atoms with Crippen molar-refractivity contribution in [3.63, 3.8) is 0 Å². The number of ether oxygens (including phenoxy) is 1. The number of imide groups is 1. The number of benzene rings is 2. The molecule has 2 aliphatic rings. The lowest BCUT2D eigenvalue weighted by Gasteiger charge is -2.28. The number of carbonyl (C=O) groups excluding carboxylic acids is 4. The Morgan fingerprint density at radius 1 is 1.00 bits per heavy atom. The highest BCUT2D eigenvalue weighted by Crippen LogP contribution is 2.43. The van der Waals surface area contributed by atoms with E-state index in [0.717, 1.165) is 16.0 Å². The van der Waals surface area contributed by atoms with Gasteiger partial charge < -0.3 is 10.1 Å². The fourth-order valence-corrected chi connectivity index (χ4v) is 5.00. The fourth-order valence-electron chi connectivity index (χ4n) is 4.41. The van der Waals surface area contributed by atoms with Gasteiger partial charge in [0.25, 0.3) is 5.91 Å². The highest BCUT2D eigenvalue weighted by Gasteiger charge is 2.52. The molecule has 1 aliphatic carbocycles. The van der Waals surface area contributed by atoms with Crippen molar-refractivity contribution in [2.45, 2.75) is 37.4 Å². The Morgan fingerprint density at radius 3 is 2.26 bits per heavy atom. The van der Waals surface area contributed by atoms with E-state index in [9.17, 15) is 19.2 Å². The maximum absolute atomic E-state index is 13.0. The summed E-state index contributed by atoms with van der Waals surface area (Å²) < 4.78 is 5.15. The highest BCUT2D eigenvalue weighted by molar-refractivity contribution is 6.31. The summed E-state index contributed by atoms with van der Waals surface area (Å²) in [5.74, 6) is -2.94. The molecule has 9 heteroatoms. The van der Waals surface area contributed by atoms with Crippen molar-refractivity contribution in [2.75, 3.05) is 16.8 Å². The minimum atomic E-state index is -0.740. The molecule has 1 heterocycles. The van der Waals surface area contributed by atoms with Crippen LogP contribution in [0.1, 0.15) is 34.3 Å². The van der Waals surface area contributed by atoms with Crippen molar-refractivity contribution in [3.05, 3.63) is 59.2 Å². The zero-order valence-corrected chi connectivity index (χ0v) is 20.2. The Kier molecular flexibility index (Phi) is 6.96. The van der Waals surface area contributed by atoms with E-state index in [0.29, 0.717) is 18.5 Å². The molecule has 2 fully saturated rings. The number of halogens is 2. The minimum Gasteiger partial charge on any atom is -0.452 e. The third-order valence-corrected chi connectivity index (χ3v) is 7.56. The van der Waals surface area contributed by atoms with Gasteiger partial charge in [0, 0.05) is 5.69 Å². The van der Waals surface area contributed by atoms with Gasteiger partial charge >= 0.3 is 5.97 Å². The van der Waals surface area contributed by atoms with Crippen LogP contribution in [0.15, 0.2) is 42.5 Å². The van der Waals surface area contributed by atoms with Crippen molar-refractivity contribution in [1.82, 2.24) is 0 Å². The van der Waals surface area contributed by atoms with Gasteiger partial charge in [-0.3, -0.25) is 19.3 Å². The van der Waals surface area contributed by atoms with E-state index in [2.05, 4.69) is 5.32 Å². The summed E-state index contributed by atoms with van der Waals surface area (Å²) in [4.78, 5) is 51.8. The molecule has 1 aliphatic heterocycles. The number of carbonyl (C=O) groups is 4. The minimum absolute atomic E-state index is 0.123. The molecule has 0 aromatic heterocycles. The van der Waals surface area contributed by atoms with E-state index < -0.39 is 30.3 Å². The van der Waals surface area contributed by atoms with Crippen LogP contribution in [0.3, 0.4) is 0 Å². The number of esters is 1. The number of nitrogens with zero attached hydrogens (tertiary/aromatic N) is 1. The SMILES string of the molecule is Cc1cccc(NC(=O)COC(=O)c2cccc(N3C(=O)[C@H]4C[C@H](Cl)[C@@H](Cl)C[C@H]4C3=O)c2)c1C. The third kappa shape index (κ3) is 4.68. The van der Waals surface area contributed by atoms with Crippen molar-refractivity contribution < 1.29 is 23.9 Å². The monoisotopic (exact) mass is 502 g/mol. The Morgan fingerprint density at radius 2 is 1.62 bits per heavy atom. The molecule has 0 spiro atoms. The number of rotatable bonds is 5. The van der Waals surface area contributed by atoms with Gasteiger partial charge in [-0.25, -0.2) is 4.79 Å². The highest BCUT2D eigenvalue weighted by atomic mass is 35.5. The summed E-state index contributed by atoms with van der Waals surface area (Å²) in [6.07, 6.45) is 0.664. The fraction of sp³-hybridized carbons (Fsp3) is 0.360. The standard InChI is InChI=1S/C25H24Cl2N2O5/c1-13-5-3-8-21(14(13)2)28-22(30)12-34-25(33)15-6-4-7-16(9-15)29-23(31)17-10-19(26)20(27)11-18(17)24(29)32/h3-9,17-20H,10-12H2,1-2H3,(H,28,30)/t17-,18+,19-,20-/m0/s1. The first-order valence-electron chi connectivity index (χ1n) is 11.0. The number of fused-ring (bicyclic) bond motifs is 1. The molecule has 1 saturated carbocycles. The maximum Gasteiger partial charge on any atom is 0.338 e. The summed E-state index contributed by atoms with van der Waals surface area (Å²) in [5.41, 5.74) is 3.00. The predicted octanol–water partition coefficient (Wildman–Crippen LogP) is 4.21. The lowest BCUT2D eigenvalue weighted by molar-refractivity contribution is -0.122. The number of amides is 3. The summed E-state index contributed by atoms with van der Waals surface area (Å²) >= 11 is 12.5. The van der Waals surface area contributed by atoms with Gasteiger partial charge in [-0.2, -0.15) is 0 Å². The summed E-state index contributed by atoms with van der Waals surface area (Å²) in [6.45, 7) is 3.35. The molecule has 4 rings (SSSR count). The molecule has 3 amide bonds. The molecule has 178 valence electrons. The van der Waals surface area contributed by atoms with E-state index in [1.165, 1.54) is 12.1 Å². The van der Waals surface area contributed by atoms with Crippen LogP contribution in [0.5, 0.6) is 0 Å². The number of nitrogens with one attached hydrogen (secondary N) is 1. The topological polar surface area (TPSA) is 92.8 Å².